The molecule has 0 fully saturated rings. The highest BCUT2D eigenvalue weighted by Gasteiger charge is 2.18. The van der Waals surface area contributed by atoms with Crippen LogP contribution in [0.3, 0.4) is 0 Å². The maximum atomic E-state index is 12.2. The Bertz CT molecular complexity index is 712. The van der Waals surface area contributed by atoms with Crippen molar-refractivity contribution in [2.75, 3.05) is 13.1 Å². The van der Waals surface area contributed by atoms with Gasteiger partial charge in [0.1, 0.15) is 0 Å². The van der Waals surface area contributed by atoms with Crippen LogP contribution in [-0.2, 0) is 10.0 Å². The average Bonchev–Trinajstić information content (AvgIpc) is 2.84. The summed E-state index contributed by atoms with van der Waals surface area (Å²) in [5, 5.41) is 3.26. The first-order chi connectivity index (χ1) is 10.4. The number of aromatic nitrogens is 1. The zero-order valence-corrected chi connectivity index (χ0v) is 14.6. The summed E-state index contributed by atoms with van der Waals surface area (Å²) in [6.07, 6.45) is 1.75. The first-order valence-corrected chi connectivity index (χ1v) is 9.41. The van der Waals surface area contributed by atoms with Crippen LogP contribution in [0.2, 0.25) is 0 Å². The number of aryl methyl sites for hydroxylation is 2. The molecule has 0 amide bonds. The molecule has 0 aromatic carbocycles. The van der Waals surface area contributed by atoms with Crippen LogP contribution >= 0.6 is 11.3 Å². The number of sulfonamides is 1. The summed E-state index contributed by atoms with van der Waals surface area (Å²) < 4.78 is 27.1. The molecule has 0 aliphatic rings. The number of hydrogen-bond donors (Lipinski definition) is 2. The highest BCUT2D eigenvalue weighted by Crippen LogP contribution is 2.24. The third kappa shape index (κ3) is 4.36. The maximum absolute atomic E-state index is 12.2. The van der Waals surface area contributed by atoms with Gasteiger partial charge < -0.3 is 5.32 Å². The van der Waals surface area contributed by atoms with Crippen LogP contribution in [0.1, 0.15) is 28.4 Å². The molecule has 2 N–H and O–H groups in total. The van der Waals surface area contributed by atoms with E-state index in [0.717, 1.165) is 15.4 Å². The summed E-state index contributed by atoms with van der Waals surface area (Å²) in [5.41, 5.74) is 0.940. The Kier molecular flexibility index (Phi) is 5.69. The van der Waals surface area contributed by atoms with Crippen LogP contribution in [-0.4, -0.2) is 26.5 Å². The fraction of sp³-hybridized carbons (Fsp3) is 0.400. The molecule has 0 aliphatic heterocycles. The van der Waals surface area contributed by atoms with Crippen LogP contribution in [0.4, 0.5) is 0 Å². The van der Waals surface area contributed by atoms with Gasteiger partial charge in [-0.15, -0.1) is 11.3 Å². The number of thiophene rings is 1. The second kappa shape index (κ2) is 7.32. The molecule has 2 aromatic heterocycles. The Morgan fingerprint density at radius 3 is 2.64 bits per heavy atom. The highest BCUT2D eigenvalue weighted by molar-refractivity contribution is 7.89. The second-order valence-electron chi connectivity index (χ2n) is 5.11. The van der Waals surface area contributed by atoms with Crippen LogP contribution in [0, 0.1) is 13.8 Å². The largest absolute Gasteiger partial charge is 0.308 e. The van der Waals surface area contributed by atoms with Gasteiger partial charge in [-0.1, -0.05) is 6.07 Å². The van der Waals surface area contributed by atoms with E-state index < -0.39 is 10.0 Å². The number of nitrogens with one attached hydrogen (secondary N) is 2. The van der Waals surface area contributed by atoms with Crippen molar-refractivity contribution in [3.05, 3.63) is 45.9 Å². The summed E-state index contributed by atoms with van der Waals surface area (Å²) in [6, 6.07) is 7.54. The summed E-state index contributed by atoms with van der Waals surface area (Å²) in [7, 11) is -3.43. The Balaban J connectivity index is 1.85. The third-order valence-corrected chi connectivity index (χ3v) is 5.97. The molecule has 0 saturated carbocycles. The summed E-state index contributed by atoms with van der Waals surface area (Å²) in [4.78, 5) is 6.47. The number of pyridine rings is 1. The standard InChI is InChI=1S/C15H21N3O2S2/c1-11-10-15(13(3)21-11)22(19,20)18-9-8-16-12(2)14-6-4-5-7-17-14/h4-7,10,12,16,18H,8-9H2,1-3H3. The summed E-state index contributed by atoms with van der Waals surface area (Å²) >= 11 is 1.49. The van der Waals surface area contributed by atoms with Gasteiger partial charge in [-0.3, -0.25) is 4.98 Å². The molecular weight excluding hydrogens is 318 g/mol. The van der Waals surface area contributed by atoms with Crippen molar-refractivity contribution in [1.29, 1.82) is 0 Å². The Hall–Kier alpha value is -1.28. The van der Waals surface area contributed by atoms with Gasteiger partial charge in [-0.2, -0.15) is 0 Å². The molecule has 2 aromatic rings. The Labute approximate surface area is 135 Å². The number of rotatable bonds is 7. The molecule has 0 radical (unpaired) electrons. The van der Waals surface area contributed by atoms with E-state index in [4.69, 9.17) is 0 Å². The zero-order chi connectivity index (χ0) is 16.2. The van der Waals surface area contributed by atoms with Crippen molar-refractivity contribution in [2.24, 2.45) is 0 Å². The molecule has 1 unspecified atom stereocenters. The molecule has 7 heteroatoms. The van der Waals surface area contributed by atoms with Crippen molar-refractivity contribution in [2.45, 2.75) is 31.7 Å². The lowest BCUT2D eigenvalue weighted by atomic mass is 10.2. The van der Waals surface area contributed by atoms with E-state index >= 15 is 0 Å². The average molecular weight is 339 g/mol. The van der Waals surface area contributed by atoms with Gasteiger partial charge in [0, 0.05) is 35.1 Å². The molecule has 120 valence electrons. The normalized spacial score (nSPS) is 13.2. The zero-order valence-electron chi connectivity index (χ0n) is 13.0. The molecule has 22 heavy (non-hydrogen) atoms. The molecule has 2 heterocycles. The van der Waals surface area contributed by atoms with Crippen LogP contribution in [0.25, 0.3) is 0 Å². The van der Waals surface area contributed by atoms with E-state index in [-0.39, 0.29) is 6.04 Å². The van der Waals surface area contributed by atoms with E-state index in [0.29, 0.717) is 18.0 Å². The first-order valence-electron chi connectivity index (χ1n) is 7.11. The lowest BCUT2D eigenvalue weighted by Crippen LogP contribution is -2.33. The minimum Gasteiger partial charge on any atom is -0.308 e. The van der Waals surface area contributed by atoms with Gasteiger partial charge in [0.2, 0.25) is 10.0 Å². The quantitative estimate of drug-likeness (QED) is 0.760. The van der Waals surface area contributed by atoms with Gasteiger partial charge >= 0.3 is 0 Å². The summed E-state index contributed by atoms with van der Waals surface area (Å²) in [6.45, 7) is 6.62. The third-order valence-electron chi connectivity index (χ3n) is 3.28. The molecule has 0 bridgehead atoms. The molecule has 1 atom stereocenters. The maximum Gasteiger partial charge on any atom is 0.241 e. The lowest BCUT2D eigenvalue weighted by molar-refractivity contribution is 0.546. The first kappa shape index (κ1) is 17.1. The van der Waals surface area contributed by atoms with Crippen LogP contribution in [0.5, 0.6) is 0 Å². The molecule has 5 nitrogen and oxygen atoms in total. The van der Waals surface area contributed by atoms with Crippen molar-refractivity contribution >= 4 is 21.4 Å². The van der Waals surface area contributed by atoms with Crippen molar-refractivity contribution in [1.82, 2.24) is 15.0 Å². The van der Waals surface area contributed by atoms with Crippen molar-refractivity contribution < 1.29 is 8.42 Å². The molecule has 0 aliphatic carbocycles. The minimum atomic E-state index is -3.43. The smallest absolute Gasteiger partial charge is 0.241 e. The highest BCUT2D eigenvalue weighted by atomic mass is 32.2. The topological polar surface area (TPSA) is 71.1 Å². The minimum absolute atomic E-state index is 0.0795. The Morgan fingerprint density at radius 1 is 1.27 bits per heavy atom. The van der Waals surface area contributed by atoms with E-state index in [1.807, 2.05) is 39.0 Å². The van der Waals surface area contributed by atoms with Crippen molar-refractivity contribution in [3.63, 3.8) is 0 Å². The van der Waals surface area contributed by atoms with E-state index in [9.17, 15) is 8.42 Å². The predicted molar refractivity (Wildman–Crippen MR) is 89.6 cm³/mol. The monoisotopic (exact) mass is 339 g/mol. The summed E-state index contributed by atoms with van der Waals surface area (Å²) in [5.74, 6) is 0. The van der Waals surface area contributed by atoms with Gasteiger partial charge in [0.05, 0.1) is 10.6 Å². The number of hydrogen-bond acceptors (Lipinski definition) is 5. The van der Waals surface area contributed by atoms with Gasteiger partial charge in [0.25, 0.3) is 0 Å². The fourth-order valence-corrected chi connectivity index (χ4v) is 4.75. The molecular formula is C15H21N3O2S2. The molecule has 0 spiro atoms. The SMILES string of the molecule is Cc1cc(S(=O)(=O)NCCNC(C)c2ccccn2)c(C)s1. The van der Waals surface area contributed by atoms with E-state index in [2.05, 4.69) is 15.0 Å². The fourth-order valence-electron chi connectivity index (χ4n) is 2.16. The molecule has 0 saturated heterocycles. The van der Waals surface area contributed by atoms with Crippen molar-refractivity contribution in [3.8, 4) is 0 Å². The van der Waals surface area contributed by atoms with E-state index in [1.54, 1.807) is 12.3 Å². The van der Waals surface area contributed by atoms with Gasteiger partial charge in [-0.25, -0.2) is 13.1 Å². The van der Waals surface area contributed by atoms with Gasteiger partial charge in [-0.05, 0) is 39.0 Å². The molecule has 2 rings (SSSR count). The number of nitrogens with zero attached hydrogens (tertiary/aromatic N) is 1. The second-order valence-corrected chi connectivity index (χ2v) is 8.30. The Morgan fingerprint density at radius 2 is 2.05 bits per heavy atom. The van der Waals surface area contributed by atoms with Gasteiger partial charge in [0.15, 0.2) is 0 Å². The van der Waals surface area contributed by atoms with E-state index in [1.165, 1.54) is 11.3 Å². The van der Waals surface area contributed by atoms with Crippen LogP contribution < -0.4 is 10.0 Å². The predicted octanol–water partition coefficient (Wildman–Crippen LogP) is 2.39. The van der Waals surface area contributed by atoms with Crippen LogP contribution in [0.15, 0.2) is 35.4 Å². The lowest BCUT2D eigenvalue weighted by Gasteiger charge is -2.13.